The number of nitrogens with zero attached hydrogens (tertiary/aromatic N) is 2. The first-order chi connectivity index (χ1) is 20.6. The van der Waals surface area contributed by atoms with Crippen LogP contribution in [0.1, 0.15) is 50.6 Å². The summed E-state index contributed by atoms with van der Waals surface area (Å²) in [6.07, 6.45) is -2.57. The number of halogens is 2. The van der Waals surface area contributed by atoms with Gasteiger partial charge in [0.25, 0.3) is 0 Å². The number of aliphatic hydroxyl groups excluding tert-OH is 1. The van der Waals surface area contributed by atoms with Gasteiger partial charge in [-0.1, -0.05) is 32.0 Å². The van der Waals surface area contributed by atoms with Gasteiger partial charge in [0.2, 0.25) is 15.9 Å². The maximum absolute atomic E-state index is 13.5. The van der Waals surface area contributed by atoms with Gasteiger partial charge in [0.1, 0.15) is 4.90 Å². The highest BCUT2D eigenvalue weighted by molar-refractivity contribution is 7.89. The molecule has 1 saturated carbocycles. The molecule has 2 aromatic heterocycles. The number of carbonyl (C=O) groups is 1. The average Bonchev–Trinajstić information content (AvgIpc) is 3.34. The lowest BCUT2D eigenvalue weighted by Gasteiger charge is -2.24. The topological polar surface area (TPSA) is 145 Å². The quantitative estimate of drug-likeness (QED) is 0.244. The van der Waals surface area contributed by atoms with Crippen LogP contribution in [0.15, 0.2) is 58.1 Å². The van der Waals surface area contributed by atoms with Crippen LogP contribution in [0.25, 0.3) is 10.9 Å². The molecule has 1 atom stereocenters. The largest absolute Gasteiger partial charge is 0.586 e. The average molecular weight is 631 g/mol. The molecule has 6 rings (SSSR count). The first-order valence-corrected chi connectivity index (χ1v) is 15.5. The molecule has 44 heavy (non-hydrogen) atoms. The molecule has 0 unspecified atom stereocenters. The molecular formula is C30H32F2N4O7S. The number of alkyl halides is 2. The number of anilines is 1. The molecule has 0 bridgehead atoms. The number of fused-ring (bicyclic) bond motifs is 2. The van der Waals surface area contributed by atoms with Crippen molar-refractivity contribution in [1.82, 2.24) is 14.4 Å². The molecule has 234 valence electrons. The van der Waals surface area contributed by atoms with Gasteiger partial charge in [-0.25, -0.2) is 13.1 Å². The highest BCUT2D eigenvalue weighted by atomic mass is 32.2. The molecule has 2 aliphatic rings. The Balaban J connectivity index is 1.20. The molecule has 1 aliphatic carbocycles. The van der Waals surface area contributed by atoms with Crippen LogP contribution in [0.2, 0.25) is 0 Å². The van der Waals surface area contributed by atoms with E-state index in [0.29, 0.717) is 24.1 Å². The van der Waals surface area contributed by atoms with Crippen molar-refractivity contribution in [2.75, 3.05) is 11.9 Å². The molecule has 0 radical (unpaired) electrons. The van der Waals surface area contributed by atoms with Crippen molar-refractivity contribution in [3.63, 3.8) is 0 Å². The zero-order chi connectivity index (χ0) is 31.7. The summed E-state index contributed by atoms with van der Waals surface area (Å²) in [5.41, 5.74) is 1.63. The van der Waals surface area contributed by atoms with Crippen LogP contribution in [0.5, 0.6) is 11.5 Å². The molecule has 3 heterocycles. The van der Waals surface area contributed by atoms with Gasteiger partial charge in [-0.05, 0) is 61.7 Å². The van der Waals surface area contributed by atoms with E-state index in [1.165, 1.54) is 19.1 Å². The van der Waals surface area contributed by atoms with E-state index in [1.807, 2.05) is 43.5 Å². The minimum absolute atomic E-state index is 0.0764. The molecule has 14 heteroatoms. The lowest BCUT2D eigenvalue weighted by atomic mass is 9.92. The fourth-order valence-electron chi connectivity index (χ4n) is 5.54. The predicted molar refractivity (Wildman–Crippen MR) is 155 cm³/mol. The van der Waals surface area contributed by atoms with Crippen molar-refractivity contribution in [1.29, 1.82) is 0 Å². The first-order valence-electron chi connectivity index (χ1n) is 14.0. The van der Waals surface area contributed by atoms with Crippen molar-refractivity contribution < 1.29 is 41.1 Å². The van der Waals surface area contributed by atoms with Crippen molar-refractivity contribution in [2.24, 2.45) is 0 Å². The number of ether oxygens (including phenoxy) is 2. The third-order valence-corrected chi connectivity index (χ3v) is 9.48. The van der Waals surface area contributed by atoms with E-state index in [9.17, 15) is 27.1 Å². The van der Waals surface area contributed by atoms with Crippen LogP contribution < -0.4 is 19.5 Å². The van der Waals surface area contributed by atoms with E-state index in [0.717, 1.165) is 22.8 Å². The summed E-state index contributed by atoms with van der Waals surface area (Å²) in [5, 5.41) is 18.2. The first kappa shape index (κ1) is 30.0. The standard InChI is InChI=1S/C30H32F2N4O7S/c1-17-25(15-33-43-17)44(39,40)34-14-21(37)16-36-22-7-6-20(11-18(22)12-26(36)28(2,3)4)35-27(38)29(9-10-29)19-5-8-23-24(13-19)42-30(31,32)41-23/h5-8,11-13,15,21,34,37H,9-10,14,16H2,1-4H3,(H,35,38)/t21-/m0/s1. The Morgan fingerprint density at radius 1 is 1.11 bits per heavy atom. The molecule has 3 N–H and O–H groups in total. The number of benzene rings is 2. The molecule has 2 aromatic carbocycles. The summed E-state index contributed by atoms with van der Waals surface area (Å²) in [6, 6.07) is 11.8. The second-order valence-corrected chi connectivity index (χ2v) is 14.0. The molecule has 1 aliphatic heterocycles. The Labute approximate surface area is 252 Å². The van der Waals surface area contributed by atoms with Gasteiger partial charge in [0.05, 0.1) is 24.3 Å². The Morgan fingerprint density at radius 2 is 1.84 bits per heavy atom. The fraction of sp³-hybridized carbons (Fsp3) is 0.400. The monoisotopic (exact) mass is 630 g/mol. The zero-order valence-electron chi connectivity index (χ0n) is 24.5. The smallest absolute Gasteiger partial charge is 0.395 e. The number of nitrogens with one attached hydrogen (secondary N) is 2. The molecule has 1 amide bonds. The summed E-state index contributed by atoms with van der Waals surface area (Å²) in [5.74, 6) is -0.293. The number of carbonyl (C=O) groups excluding carboxylic acids is 1. The number of sulfonamides is 1. The Morgan fingerprint density at radius 3 is 2.50 bits per heavy atom. The van der Waals surface area contributed by atoms with E-state index >= 15 is 0 Å². The SMILES string of the molecule is Cc1oncc1S(=O)(=O)NC[C@H](O)Cn1c(C(C)(C)C)cc2cc(NC(=O)C3(c4ccc5c(c4)OC(F)(F)O5)CC3)ccc21. The van der Waals surface area contributed by atoms with Crippen molar-refractivity contribution in [3.05, 3.63) is 65.7 Å². The number of hydrogen-bond acceptors (Lipinski definition) is 8. The molecule has 1 fully saturated rings. The van der Waals surface area contributed by atoms with Crippen molar-refractivity contribution >= 4 is 32.5 Å². The molecular weight excluding hydrogens is 598 g/mol. The van der Waals surface area contributed by atoms with Gasteiger partial charge in [-0.15, -0.1) is 8.78 Å². The number of aryl methyl sites for hydroxylation is 1. The van der Waals surface area contributed by atoms with Crippen LogP contribution in [-0.2, 0) is 32.2 Å². The van der Waals surface area contributed by atoms with E-state index in [1.54, 1.807) is 12.1 Å². The Hall–Kier alpha value is -4.01. The number of aromatic nitrogens is 2. The van der Waals surface area contributed by atoms with E-state index < -0.39 is 27.8 Å². The van der Waals surface area contributed by atoms with Gasteiger partial charge in [0, 0.05) is 34.2 Å². The summed E-state index contributed by atoms with van der Waals surface area (Å²) in [4.78, 5) is 13.4. The van der Waals surface area contributed by atoms with Crippen LogP contribution >= 0.6 is 0 Å². The van der Waals surface area contributed by atoms with E-state index in [-0.39, 0.29) is 46.6 Å². The number of hydrogen-bond donors (Lipinski definition) is 3. The molecule has 11 nitrogen and oxygen atoms in total. The van der Waals surface area contributed by atoms with Gasteiger partial charge in [-0.3, -0.25) is 4.79 Å². The maximum atomic E-state index is 13.5. The summed E-state index contributed by atoms with van der Waals surface area (Å²) < 4.78 is 70.5. The second-order valence-electron chi connectivity index (χ2n) is 12.3. The third-order valence-electron chi connectivity index (χ3n) is 7.96. The second kappa shape index (κ2) is 10.3. The van der Waals surface area contributed by atoms with Crippen LogP contribution in [0.4, 0.5) is 14.5 Å². The van der Waals surface area contributed by atoms with E-state index in [2.05, 4.69) is 24.7 Å². The summed E-state index contributed by atoms with van der Waals surface area (Å²) >= 11 is 0. The number of amides is 1. The van der Waals surface area contributed by atoms with Crippen LogP contribution in [-0.4, -0.2) is 48.1 Å². The van der Waals surface area contributed by atoms with E-state index in [4.69, 9.17) is 4.52 Å². The zero-order valence-corrected chi connectivity index (χ0v) is 25.3. The predicted octanol–water partition coefficient (Wildman–Crippen LogP) is 4.57. The lowest BCUT2D eigenvalue weighted by molar-refractivity contribution is -0.286. The Bertz CT molecular complexity index is 1870. The van der Waals surface area contributed by atoms with Gasteiger partial charge >= 0.3 is 6.29 Å². The lowest BCUT2D eigenvalue weighted by Crippen LogP contribution is -2.35. The van der Waals surface area contributed by atoms with Crippen molar-refractivity contribution in [2.45, 2.75) is 75.2 Å². The molecule has 0 saturated heterocycles. The normalized spacial score (nSPS) is 17.5. The number of rotatable bonds is 9. The minimum Gasteiger partial charge on any atom is -0.395 e. The summed E-state index contributed by atoms with van der Waals surface area (Å²) in [6.45, 7) is 7.46. The highest BCUT2D eigenvalue weighted by Crippen LogP contribution is 2.52. The van der Waals surface area contributed by atoms with Crippen LogP contribution in [0, 0.1) is 6.92 Å². The fourth-order valence-corrected chi connectivity index (χ4v) is 6.71. The third kappa shape index (κ3) is 5.53. The Kier molecular flexibility index (Phi) is 7.02. The molecule has 0 spiro atoms. The summed E-state index contributed by atoms with van der Waals surface area (Å²) in [7, 11) is -3.92. The number of aliphatic hydroxyl groups is 1. The van der Waals surface area contributed by atoms with Gasteiger partial charge in [-0.2, -0.15) is 0 Å². The maximum Gasteiger partial charge on any atom is 0.586 e. The molecule has 4 aromatic rings. The van der Waals surface area contributed by atoms with Gasteiger partial charge < -0.3 is 29.0 Å². The van der Waals surface area contributed by atoms with Crippen LogP contribution in [0.3, 0.4) is 0 Å². The minimum atomic E-state index is -3.92. The highest BCUT2D eigenvalue weighted by Gasteiger charge is 2.52. The van der Waals surface area contributed by atoms with Gasteiger partial charge in [0.15, 0.2) is 17.3 Å². The van der Waals surface area contributed by atoms with Crippen molar-refractivity contribution in [3.8, 4) is 11.5 Å².